The van der Waals surface area contributed by atoms with E-state index in [-0.39, 0.29) is 10.6 Å². The summed E-state index contributed by atoms with van der Waals surface area (Å²) in [5.74, 6) is 5.61. The summed E-state index contributed by atoms with van der Waals surface area (Å²) >= 11 is 1.60. The van der Waals surface area contributed by atoms with Crippen molar-refractivity contribution in [2.45, 2.75) is 24.5 Å². The highest BCUT2D eigenvalue weighted by Gasteiger charge is 2.23. The summed E-state index contributed by atoms with van der Waals surface area (Å²) in [6, 6.07) is 5.33. The third-order valence-corrected chi connectivity index (χ3v) is 6.12. The third kappa shape index (κ3) is 6.49. The van der Waals surface area contributed by atoms with Gasteiger partial charge in [0.1, 0.15) is 12.1 Å². The average Bonchev–Trinajstić information content (AvgIpc) is 2.67. The molecule has 0 aliphatic carbocycles. The van der Waals surface area contributed by atoms with Crippen molar-refractivity contribution in [2.75, 3.05) is 46.5 Å². The quantitative estimate of drug-likeness (QED) is 0.527. The Bertz CT molecular complexity index is 750. The zero-order valence-corrected chi connectivity index (χ0v) is 17.5. The van der Waals surface area contributed by atoms with Crippen molar-refractivity contribution in [1.82, 2.24) is 9.80 Å². The van der Waals surface area contributed by atoms with Gasteiger partial charge in [0.05, 0.1) is 16.9 Å². The number of halogens is 1. The molecule has 0 amide bonds. The SMILES string of the molecule is CSC(C)(C=O)CCN1CC=C(c2ccc(C#CCN(C)C)c(F)c2)CC1. The number of nitrogens with zero attached hydrogens (tertiary/aromatic N) is 2. The first-order chi connectivity index (χ1) is 12.9. The summed E-state index contributed by atoms with van der Waals surface area (Å²) in [4.78, 5) is 15.5. The predicted octanol–water partition coefficient (Wildman–Crippen LogP) is 3.54. The molecule has 146 valence electrons. The fourth-order valence-corrected chi connectivity index (χ4v) is 3.27. The van der Waals surface area contributed by atoms with Gasteiger partial charge in [-0.15, -0.1) is 0 Å². The monoisotopic (exact) mass is 388 g/mol. The van der Waals surface area contributed by atoms with Crippen LogP contribution in [0.2, 0.25) is 0 Å². The van der Waals surface area contributed by atoms with Crippen molar-refractivity contribution in [3.8, 4) is 11.8 Å². The molecule has 5 heteroatoms. The molecule has 0 saturated heterocycles. The highest BCUT2D eigenvalue weighted by molar-refractivity contribution is 8.00. The molecule has 3 nitrogen and oxygen atoms in total. The maximum absolute atomic E-state index is 14.3. The summed E-state index contributed by atoms with van der Waals surface area (Å²) in [5.41, 5.74) is 2.57. The lowest BCUT2D eigenvalue weighted by molar-refractivity contribution is -0.109. The van der Waals surface area contributed by atoms with Crippen molar-refractivity contribution >= 4 is 23.6 Å². The first-order valence-corrected chi connectivity index (χ1v) is 10.5. The number of hydrogen-bond donors (Lipinski definition) is 0. The molecule has 0 spiro atoms. The number of hydrogen-bond acceptors (Lipinski definition) is 4. The van der Waals surface area contributed by atoms with Crippen LogP contribution in [-0.2, 0) is 4.79 Å². The van der Waals surface area contributed by atoms with Gasteiger partial charge in [-0.3, -0.25) is 9.80 Å². The van der Waals surface area contributed by atoms with Crippen LogP contribution in [-0.4, -0.2) is 67.4 Å². The highest BCUT2D eigenvalue weighted by Crippen LogP contribution is 2.27. The molecule has 0 radical (unpaired) electrons. The Balaban J connectivity index is 1.97. The maximum atomic E-state index is 14.3. The molecule has 1 aliphatic rings. The Morgan fingerprint density at radius 1 is 1.41 bits per heavy atom. The summed E-state index contributed by atoms with van der Waals surface area (Å²) < 4.78 is 14.0. The van der Waals surface area contributed by atoms with E-state index in [1.807, 2.05) is 38.2 Å². The van der Waals surface area contributed by atoms with Gasteiger partial charge < -0.3 is 4.79 Å². The van der Waals surface area contributed by atoms with E-state index in [9.17, 15) is 9.18 Å². The van der Waals surface area contributed by atoms with Crippen molar-refractivity contribution in [3.63, 3.8) is 0 Å². The van der Waals surface area contributed by atoms with Crippen LogP contribution in [0.4, 0.5) is 4.39 Å². The second-order valence-electron chi connectivity index (χ2n) is 7.40. The minimum Gasteiger partial charge on any atom is -0.302 e. The summed E-state index contributed by atoms with van der Waals surface area (Å²) in [6.45, 7) is 5.27. The lowest BCUT2D eigenvalue weighted by atomic mass is 9.97. The molecule has 0 bridgehead atoms. The Morgan fingerprint density at radius 3 is 2.74 bits per heavy atom. The van der Waals surface area contributed by atoms with E-state index in [0.717, 1.165) is 44.3 Å². The van der Waals surface area contributed by atoms with Gasteiger partial charge in [-0.2, -0.15) is 11.8 Å². The van der Waals surface area contributed by atoms with E-state index in [1.165, 1.54) is 5.57 Å². The van der Waals surface area contributed by atoms with Gasteiger partial charge in [-0.1, -0.05) is 24.0 Å². The van der Waals surface area contributed by atoms with Crippen LogP contribution in [0.3, 0.4) is 0 Å². The largest absolute Gasteiger partial charge is 0.302 e. The Morgan fingerprint density at radius 2 is 2.19 bits per heavy atom. The Labute approximate surface area is 167 Å². The standard InChI is InChI=1S/C22H29FN2OS/c1-22(17-26,27-4)11-15-25-13-9-18(10-14-25)20-8-7-19(21(23)16-20)6-5-12-24(2)3/h7-9,16-17H,10-15H2,1-4H3. The van der Waals surface area contributed by atoms with E-state index in [4.69, 9.17) is 0 Å². The van der Waals surface area contributed by atoms with Crippen LogP contribution in [0.15, 0.2) is 24.3 Å². The second-order valence-corrected chi connectivity index (χ2v) is 8.74. The van der Waals surface area contributed by atoms with E-state index < -0.39 is 0 Å². The minimum atomic E-state index is -0.309. The molecule has 2 rings (SSSR count). The Kier molecular flexibility index (Phi) is 8.09. The Hall–Kier alpha value is -1.61. The predicted molar refractivity (Wildman–Crippen MR) is 113 cm³/mol. The number of benzene rings is 1. The molecule has 1 heterocycles. The average molecular weight is 389 g/mol. The fraction of sp³-hybridized carbons (Fsp3) is 0.500. The molecular weight excluding hydrogens is 359 g/mol. The second kappa shape index (κ2) is 10.1. The highest BCUT2D eigenvalue weighted by atomic mass is 32.2. The van der Waals surface area contributed by atoms with Gasteiger partial charge in [-0.25, -0.2) is 4.39 Å². The van der Waals surface area contributed by atoms with Gasteiger partial charge in [0.15, 0.2) is 0 Å². The molecule has 1 aromatic rings. The summed E-state index contributed by atoms with van der Waals surface area (Å²) in [6.07, 6.45) is 6.94. The summed E-state index contributed by atoms with van der Waals surface area (Å²) in [5, 5.41) is 0. The van der Waals surface area contributed by atoms with Gasteiger partial charge in [0.2, 0.25) is 0 Å². The zero-order valence-electron chi connectivity index (χ0n) is 16.7. The number of carbonyl (C=O) groups is 1. The molecule has 1 unspecified atom stereocenters. The zero-order chi connectivity index (χ0) is 19.9. The lowest BCUT2D eigenvalue weighted by Crippen LogP contribution is -2.34. The van der Waals surface area contributed by atoms with Crippen LogP contribution in [0, 0.1) is 17.7 Å². The molecule has 27 heavy (non-hydrogen) atoms. The van der Waals surface area contributed by atoms with Gasteiger partial charge in [0.25, 0.3) is 0 Å². The molecule has 0 aromatic heterocycles. The van der Waals surface area contributed by atoms with Crippen LogP contribution >= 0.6 is 11.8 Å². The molecule has 1 aliphatic heterocycles. The van der Waals surface area contributed by atoms with E-state index in [2.05, 4.69) is 22.8 Å². The van der Waals surface area contributed by atoms with Crippen LogP contribution in [0.5, 0.6) is 0 Å². The van der Waals surface area contributed by atoms with Gasteiger partial charge in [-0.05, 0) is 63.4 Å². The van der Waals surface area contributed by atoms with Crippen LogP contribution < -0.4 is 0 Å². The minimum absolute atomic E-state index is 0.260. The van der Waals surface area contributed by atoms with Gasteiger partial charge >= 0.3 is 0 Å². The smallest absolute Gasteiger partial charge is 0.139 e. The van der Waals surface area contributed by atoms with Crippen molar-refractivity contribution in [1.29, 1.82) is 0 Å². The molecular formula is C22H29FN2OS. The van der Waals surface area contributed by atoms with Crippen LogP contribution in [0.25, 0.3) is 5.57 Å². The first-order valence-electron chi connectivity index (χ1n) is 9.23. The molecule has 0 saturated carbocycles. The van der Waals surface area contributed by atoms with Crippen molar-refractivity contribution < 1.29 is 9.18 Å². The first kappa shape index (κ1) is 21.7. The topological polar surface area (TPSA) is 23.6 Å². The normalized spacial score (nSPS) is 17.0. The number of aldehydes is 1. The molecule has 1 atom stereocenters. The molecule has 1 aromatic carbocycles. The summed E-state index contributed by atoms with van der Waals surface area (Å²) in [7, 11) is 3.88. The number of carbonyl (C=O) groups excluding carboxylic acids is 1. The number of rotatable bonds is 7. The number of thioether (sulfide) groups is 1. The van der Waals surface area contributed by atoms with Gasteiger partial charge in [0, 0.05) is 19.6 Å². The molecule has 0 N–H and O–H groups in total. The molecule has 0 fully saturated rings. The van der Waals surface area contributed by atoms with Crippen molar-refractivity contribution in [2.24, 2.45) is 0 Å². The van der Waals surface area contributed by atoms with Crippen LogP contribution in [0.1, 0.15) is 30.9 Å². The maximum Gasteiger partial charge on any atom is 0.139 e. The van der Waals surface area contributed by atoms with Crippen molar-refractivity contribution in [3.05, 3.63) is 41.2 Å². The van der Waals surface area contributed by atoms with E-state index in [1.54, 1.807) is 23.9 Å². The third-order valence-electron chi connectivity index (χ3n) is 4.89. The lowest BCUT2D eigenvalue weighted by Gasteiger charge is -2.29. The fourth-order valence-electron chi connectivity index (χ4n) is 2.87. The van der Waals surface area contributed by atoms with E-state index >= 15 is 0 Å². The van der Waals surface area contributed by atoms with E-state index in [0.29, 0.717) is 12.1 Å².